The van der Waals surface area contributed by atoms with Crippen LogP contribution in [0.4, 0.5) is 15.8 Å². The Morgan fingerprint density at radius 1 is 1.11 bits per heavy atom. The quantitative estimate of drug-likeness (QED) is 0.567. The van der Waals surface area contributed by atoms with Crippen LogP contribution >= 0.6 is 24.0 Å². The largest absolute Gasteiger partial charge is 0.493 e. The molecule has 0 saturated heterocycles. The van der Waals surface area contributed by atoms with Crippen molar-refractivity contribution >= 4 is 46.3 Å². The van der Waals surface area contributed by atoms with Crippen LogP contribution in [-0.4, -0.2) is 44.2 Å². The summed E-state index contributed by atoms with van der Waals surface area (Å²) in [6.45, 7) is 1.31. The van der Waals surface area contributed by atoms with Crippen molar-refractivity contribution in [3.05, 3.63) is 53.4 Å². The number of halogens is 3. The Kier molecular flexibility index (Phi) is 7.69. The molecule has 0 aliphatic rings. The molecule has 0 aliphatic carbocycles. The maximum absolute atomic E-state index is 14.1. The smallest absolute Gasteiger partial charge is 0.163 e. The predicted molar refractivity (Wildman–Crippen MR) is 114 cm³/mol. The van der Waals surface area contributed by atoms with Crippen LogP contribution in [0.15, 0.2) is 42.6 Å². The van der Waals surface area contributed by atoms with E-state index in [4.69, 9.17) is 21.1 Å². The first-order valence-corrected chi connectivity index (χ1v) is 8.82. The van der Waals surface area contributed by atoms with E-state index in [9.17, 15) is 4.39 Å². The van der Waals surface area contributed by atoms with E-state index in [1.54, 1.807) is 31.5 Å². The Bertz CT molecular complexity index is 954. The number of anilines is 2. The molecular formula is C20H22Cl2FN3O2. The zero-order valence-electron chi connectivity index (χ0n) is 15.8. The van der Waals surface area contributed by atoms with E-state index >= 15 is 0 Å². The number of pyridine rings is 1. The molecule has 0 atom stereocenters. The molecule has 1 heterocycles. The van der Waals surface area contributed by atoms with E-state index in [1.807, 2.05) is 31.1 Å². The van der Waals surface area contributed by atoms with Crippen LogP contribution in [0.3, 0.4) is 0 Å². The van der Waals surface area contributed by atoms with E-state index in [2.05, 4.69) is 10.3 Å². The first kappa shape index (κ1) is 22.0. The summed E-state index contributed by atoms with van der Waals surface area (Å²) in [6, 6.07) is 9.94. The standard InChI is InChI=1S/C20H21ClFN3O2.ClH/c1-25(2)8-9-27-20-12-18-14(11-19(20)26-3)16(6-7-23-18)24-17-5-4-13(21)10-15(17)22;/h4-7,10-12H,8-9H2,1-3H3,(H,23,24);1H. The summed E-state index contributed by atoms with van der Waals surface area (Å²) in [5, 5.41) is 4.24. The lowest BCUT2D eigenvalue weighted by atomic mass is 10.1. The molecule has 0 radical (unpaired) electrons. The lowest BCUT2D eigenvalue weighted by Crippen LogP contribution is -2.19. The number of nitrogens with zero attached hydrogens (tertiary/aromatic N) is 2. The maximum Gasteiger partial charge on any atom is 0.163 e. The average molecular weight is 426 g/mol. The summed E-state index contributed by atoms with van der Waals surface area (Å²) in [5.41, 5.74) is 1.76. The van der Waals surface area contributed by atoms with Gasteiger partial charge in [-0.1, -0.05) is 11.6 Å². The summed E-state index contributed by atoms with van der Waals surface area (Å²) in [6.07, 6.45) is 1.66. The van der Waals surface area contributed by atoms with Crippen LogP contribution in [0.5, 0.6) is 11.5 Å². The number of hydrogen-bond donors (Lipinski definition) is 1. The highest BCUT2D eigenvalue weighted by atomic mass is 35.5. The number of aromatic nitrogens is 1. The Morgan fingerprint density at radius 2 is 1.89 bits per heavy atom. The van der Waals surface area contributed by atoms with Gasteiger partial charge >= 0.3 is 0 Å². The predicted octanol–water partition coefficient (Wildman–Crippen LogP) is 5.14. The number of fused-ring (bicyclic) bond motifs is 1. The van der Waals surface area contributed by atoms with Crippen molar-refractivity contribution in [3.8, 4) is 11.5 Å². The number of benzene rings is 2. The summed E-state index contributed by atoms with van der Waals surface area (Å²) in [4.78, 5) is 6.43. The molecule has 1 aromatic heterocycles. The molecule has 3 rings (SSSR count). The van der Waals surface area contributed by atoms with Gasteiger partial charge in [-0.05, 0) is 44.4 Å². The highest BCUT2D eigenvalue weighted by Gasteiger charge is 2.12. The minimum Gasteiger partial charge on any atom is -0.493 e. The number of hydrogen-bond acceptors (Lipinski definition) is 5. The number of likely N-dealkylation sites (N-methyl/N-ethyl adjacent to an activating group) is 1. The van der Waals surface area contributed by atoms with Crippen molar-refractivity contribution < 1.29 is 13.9 Å². The molecule has 3 aromatic rings. The van der Waals surface area contributed by atoms with Gasteiger partial charge in [0.1, 0.15) is 12.4 Å². The van der Waals surface area contributed by atoms with Crippen molar-refractivity contribution in [2.24, 2.45) is 0 Å². The molecule has 8 heteroatoms. The second-order valence-electron chi connectivity index (χ2n) is 6.28. The third-order valence-corrected chi connectivity index (χ3v) is 4.26. The molecule has 0 amide bonds. The fourth-order valence-electron chi connectivity index (χ4n) is 2.61. The second-order valence-corrected chi connectivity index (χ2v) is 6.72. The highest BCUT2D eigenvalue weighted by molar-refractivity contribution is 6.30. The van der Waals surface area contributed by atoms with Gasteiger partial charge in [-0.3, -0.25) is 4.98 Å². The monoisotopic (exact) mass is 425 g/mol. The van der Waals surface area contributed by atoms with Gasteiger partial charge in [-0.2, -0.15) is 0 Å². The Morgan fingerprint density at radius 3 is 2.57 bits per heavy atom. The first-order valence-electron chi connectivity index (χ1n) is 8.44. The summed E-state index contributed by atoms with van der Waals surface area (Å²) >= 11 is 5.82. The minimum absolute atomic E-state index is 0. The third-order valence-electron chi connectivity index (χ3n) is 4.02. The SMILES string of the molecule is COc1cc2c(Nc3ccc(Cl)cc3F)ccnc2cc1OCCN(C)C.Cl. The number of rotatable bonds is 7. The fourth-order valence-corrected chi connectivity index (χ4v) is 2.77. The van der Waals surface area contributed by atoms with Gasteiger partial charge in [0.05, 0.1) is 18.3 Å². The lowest BCUT2D eigenvalue weighted by molar-refractivity contribution is 0.251. The maximum atomic E-state index is 14.1. The van der Waals surface area contributed by atoms with Gasteiger partial charge in [0.15, 0.2) is 11.5 Å². The first-order chi connectivity index (χ1) is 13.0. The van der Waals surface area contributed by atoms with Crippen molar-refractivity contribution in [2.45, 2.75) is 0 Å². The molecular weight excluding hydrogens is 404 g/mol. The zero-order chi connectivity index (χ0) is 19.4. The molecule has 0 saturated carbocycles. The minimum atomic E-state index is -0.428. The third kappa shape index (κ3) is 5.16. The molecule has 0 aliphatic heterocycles. The average Bonchev–Trinajstić information content (AvgIpc) is 2.63. The van der Waals surface area contributed by atoms with Crippen LogP contribution in [-0.2, 0) is 0 Å². The van der Waals surface area contributed by atoms with Gasteiger partial charge in [0.25, 0.3) is 0 Å². The molecule has 0 unspecified atom stereocenters. The van der Waals surface area contributed by atoms with E-state index in [0.717, 1.165) is 17.4 Å². The van der Waals surface area contributed by atoms with E-state index in [1.165, 1.54) is 6.07 Å². The second kappa shape index (κ2) is 9.78. The van der Waals surface area contributed by atoms with Crippen molar-refractivity contribution in [3.63, 3.8) is 0 Å². The van der Waals surface area contributed by atoms with Gasteiger partial charge in [-0.25, -0.2) is 4.39 Å². The van der Waals surface area contributed by atoms with Crippen LogP contribution in [0.1, 0.15) is 0 Å². The molecule has 0 bridgehead atoms. The van der Waals surface area contributed by atoms with Crippen molar-refractivity contribution in [1.29, 1.82) is 0 Å². The molecule has 28 heavy (non-hydrogen) atoms. The Balaban J connectivity index is 0.00000280. The van der Waals surface area contributed by atoms with Crippen molar-refractivity contribution in [2.75, 3.05) is 39.7 Å². The van der Waals surface area contributed by atoms with Crippen LogP contribution in [0.25, 0.3) is 10.9 Å². The van der Waals surface area contributed by atoms with E-state index in [0.29, 0.717) is 34.5 Å². The zero-order valence-corrected chi connectivity index (χ0v) is 17.4. The summed E-state index contributed by atoms with van der Waals surface area (Å²) < 4.78 is 25.4. The van der Waals surface area contributed by atoms with Gasteiger partial charge in [-0.15, -0.1) is 12.4 Å². The topological polar surface area (TPSA) is 46.6 Å². The van der Waals surface area contributed by atoms with Gasteiger partial charge in [0.2, 0.25) is 0 Å². The van der Waals surface area contributed by atoms with Crippen LogP contribution in [0, 0.1) is 5.82 Å². The van der Waals surface area contributed by atoms with Crippen LogP contribution in [0.2, 0.25) is 5.02 Å². The number of ether oxygens (including phenoxy) is 2. The van der Waals surface area contributed by atoms with Crippen LogP contribution < -0.4 is 14.8 Å². The lowest BCUT2D eigenvalue weighted by Gasteiger charge is -2.16. The van der Waals surface area contributed by atoms with Crippen molar-refractivity contribution in [1.82, 2.24) is 9.88 Å². The van der Waals surface area contributed by atoms with E-state index < -0.39 is 5.82 Å². The molecule has 5 nitrogen and oxygen atoms in total. The Labute approximate surface area is 174 Å². The van der Waals surface area contributed by atoms with Gasteiger partial charge in [0, 0.05) is 34.9 Å². The fraction of sp³-hybridized carbons (Fsp3) is 0.250. The summed E-state index contributed by atoms with van der Waals surface area (Å²) in [5.74, 6) is 0.783. The number of methoxy groups -OCH3 is 1. The van der Waals surface area contributed by atoms with E-state index in [-0.39, 0.29) is 12.4 Å². The molecule has 1 N–H and O–H groups in total. The Hall–Kier alpha value is -2.28. The van der Waals surface area contributed by atoms with Gasteiger partial charge < -0.3 is 19.7 Å². The molecule has 0 fully saturated rings. The molecule has 2 aromatic carbocycles. The highest BCUT2D eigenvalue weighted by Crippen LogP contribution is 2.36. The molecule has 0 spiro atoms. The molecule has 150 valence electrons. The normalized spacial score (nSPS) is 10.6. The number of nitrogens with one attached hydrogen (secondary N) is 1. The summed E-state index contributed by atoms with van der Waals surface area (Å²) in [7, 11) is 5.55.